The monoisotopic (exact) mass is 316 g/mol. The second-order valence-corrected chi connectivity index (χ2v) is 4.13. The number of rotatable bonds is 5. The topological polar surface area (TPSA) is 45.4 Å². The molecule has 1 aromatic rings. The number of halogens is 3. The fraction of sp³-hybridized carbons (Fsp3) is 0.545. The highest BCUT2D eigenvalue weighted by atomic mass is 35.5. The average molecular weight is 318 g/mol. The quantitative estimate of drug-likeness (QED) is 0.901. The molecule has 0 aliphatic carbocycles. The highest BCUT2D eigenvalue weighted by molar-refractivity contribution is 5.86. The summed E-state index contributed by atoms with van der Waals surface area (Å²) in [5.74, 6) is 0.578. The lowest BCUT2D eigenvalue weighted by Crippen LogP contribution is -2.28. The molecule has 0 saturated heterocycles. The maximum atomic E-state index is 5.52. The van der Waals surface area contributed by atoms with Gasteiger partial charge >= 0.3 is 0 Å². The molecule has 1 rings (SSSR count). The van der Waals surface area contributed by atoms with E-state index in [4.69, 9.17) is 5.73 Å². The standard InChI is InChI=1S/C11H20N4.3ClH/c1-14(2)6-7-15(3)9-10-4-5-11(12)13-8-10;;;/h4-5,8H,6-7,9H2,1-3H3,(H2,12,13);3*1H. The van der Waals surface area contributed by atoms with Crippen LogP contribution in [0.2, 0.25) is 0 Å². The molecule has 18 heavy (non-hydrogen) atoms. The smallest absolute Gasteiger partial charge is 0.123 e. The molecule has 0 fully saturated rings. The second-order valence-electron chi connectivity index (χ2n) is 4.13. The Morgan fingerprint density at radius 1 is 1.06 bits per heavy atom. The predicted octanol–water partition coefficient (Wildman–Crippen LogP) is 1.92. The fourth-order valence-corrected chi connectivity index (χ4v) is 1.29. The van der Waals surface area contributed by atoms with Crippen LogP contribution in [0.1, 0.15) is 5.56 Å². The minimum atomic E-state index is 0. The van der Waals surface area contributed by atoms with E-state index < -0.39 is 0 Å². The van der Waals surface area contributed by atoms with Crippen molar-refractivity contribution in [1.82, 2.24) is 14.8 Å². The van der Waals surface area contributed by atoms with Gasteiger partial charge in [0.25, 0.3) is 0 Å². The van der Waals surface area contributed by atoms with Crippen LogP contribution in [-0.2, 0) is 6.54 Å². The Morgan fingerprint density at radius 3 is 2.11 bits per heavy atom. The van der Waals surface area contributed by atoms with Crippen LogP contribution < -0.4 is 5.73 Å². The molecule has 0 aliphatic heterocycles. The zero-order chi connectivity index (χ0) is 11.3. The van der Waals surface area contributed by atoms with Gasteiger partial charge in [0.2, 0.25) is 0 Å². The van der Waals surface area contributed by atoms with Gasteiger partial charge < -0.3 is 15.5 Å². The summed E-state index contributed by atoms with van der Waals surface area (Å²) < 4.78 is 0. The fourth-order valence-electron chi connectivity index (χ4n) is 1.29. The van der Waals surface area contributed by atoms with Gasteiger partial charge in [0, 0.05) is 25.8 Å². The molecule has 1 heterocycles. The number of nitrogens with zero attached hydrogens (tertiary/aromatic N) is 3. The van der Waals surface area contributed by atoms with E-state index in [2.05, 4.69) is 35.9 Å². The lowest BCUT2D eigenvalue weighted by atomic mass is 10.2. The van der Waals surface area contributed by atoms with E-state index in [9.17, 15) is 0 Å². The van der Waals surface area contributed by atoms with Crippen molar-refractivity contribution in [1.29, 1.82) is 0 Å². The van der Waals surface area contributed by atoms with Crippen molar-refractivity contribution < 1.29 is 0 Å². The summed E-state index contributed by atoms with van der Waals surface area (Å²) in [5.41, 5.74) is 6.72. The van der Waals surface area contributed by atoms with Crippen LogP contribution in [0.25, 0.3) is 0 Å². The van der Waals surface area contributed by atoms with Gasteiger partial charge in [-0.05, 0) is 32.8 Å². The van der Waals surface area contributed by atoms with Crippen LogP contribution in [0.4, 0.5) is 5.82 Å². The number of hydrogen-bond acceptors (Lipinski definition) is 4. The molecule has 0 amide bonds. The molecule has 0 bridgehead atoms. The number of likely N-dealkylation sites (N-methyl/N-ethyl adjacent to an activating group) is 2. The summed E-state index contributed by atoms with van der Waals surface area (Å²) in [6, 6.07) is 3.86. The molecule has 108 valence electrons. The summed E-state index contributed by atoms with van der Waals surface area (Å²) in [4.78, 5) is 8.52. The number of aromatic nitrogens is 1. The number of hydrogen-bond donors (Lipinski definition) is 1. The molecule has 1 aromatic heterocycles. The van der Waals surface area contributed by atoms with Gasteiger partial charge in [-0.3, -0.25) is 0 Å². The predicted molar refractivity (Wildman–Crippen MR) is 85.3 cm³/mol. The highest BCUT2D eigenvalue weighted by Crippen LogP contribution is 2.03. The van der Waals surface area contributed by atoms with Gasteiger partial charge in [0.15, 0.2) is 0 Å². The molecule has 0 aromatic carbocycles. The lowest BCUT2D eigenvalue weighted by molar-refractivity contribution is 0.276. The Morgan fingerprint density at radius 2 is 1.67 bits per heavy atom. The first-order valence-corrected chi connectivity index (χ1v) is 5.11. The highest BCUT2D eigenvalue weighted by Gasteiger charge is 2.01. The maximum Gasteiger partial charge on any atom is 0.123 e. The number of anilines is 1. The maximum absolute atomic E-state index is 5.52. The van der Waals surface area contributed by atoms with Crippen LogP contribution in [-0.4, -0.2) is 49.0 Å². The molecular weight excluding hydrogens is 295 g/mol. The largest absolute Gasteiger partial charge is 0.384 e. The zero-order valence-corrected chi connectivity index (χ0v) is 13.4. The first-order valence-electron chi connectivity index (χ1n) is 5.11. The van der Waals surface area contributed by atoms with Crippen molar-refractivity contribution >= 4 is 43.0 Å². The van der Waals surface area contributed by atoms with Crippen molar-refractivity contribution in [3.05, 3.63) is 23.9 Å². The van der Waals surface area contributed by atoms with E-state index >= 15 is 0 Å². The van der Waals surface area contributed by atoms with Gasteiger partial charge in [-0.1, -0.05) is 6.07 Å². The molecule has 0 aliphatic rings. The number of nitrogen functional groups attached to an aromatic ring is 1. The number of pyridine rings is 1. The third-order valence-corrected chi connectivity index (χ3v) is 2.23. The van der Waals surface area contributed by atoms with Crippen LogP contribution >= 0.6 is 37.2 Å². The Kier molecular flexibility index (Phi) is 15.0. The molecule has 4 nitrogen and oxygen atoms in total. The summed E-state index contributed by atoms with van der Waals surface area (Å²) in [7, 11) is 6.27. The molecule has 0 saturated carbocycles. The summed E-state index contributed by atoms with van der Waals surface area (Å²) in [6.07, 6.45) is 1.83. The van der Waals surface area contributed by atoms with Crippen molar-refractivity contribution in [3.8, 4) is 0 Å². The van der Waals surface area contributed by atoms with Gasteiger partial charge in [0.05, 0.1) is 0 Å². The van der Waals surface area contributed by atoms with Crippen LogP contribution in [0.15, 0.2) is 18.3 Å². The van der Waals surface area contributed by atoms with Crippen LogP contribution in [0, 0.1) is 0 Å². The second kappa shape index (κ2) is 11.8. The van der Waals surface area contributed by atoms with Gasteiger partial charge in [-0.15, -0.1) is 37.2 Å². The van der Waals surface area contributed by atoms with Gasteiger partial charge in [-0.2, -0.15) is 0 Å². The van der Waals surface area contributed by atoms with E-state index in [0.717, 1.165) is 19.6 Å². The molecule has 0 atom stereocenters. The molecule has 0 radical (unpaired) electrons. The molecule has 7 heteroatoms. The third-order valence-electron chi connectivity index (χ3n) is 2.23. The first kappa shape index (κ1) is 22.9. The van der Waals surface area contributed by atoms with Gasteiger partial charge in [-0.25, -0.2) is 4.98 Å². The average Bonchev–Trinajstić information content (AvgIpc) is 2.19. The van der Waals surface area contributed by atoms with Crippen molar-refractivity contribution in [2.75, 3.05) is 40.0 Å². The van der Waals surface area contributed by atoms with Crippen LogP contribution in [0.3, 0.4) is 0 Å². The van der Waals surface area contributed by atoms with Crippen molar-refractivity contribution in [2.45, 2.75) is 6.54 Å². The van der Waals surface area contributed by atoms with E-state index in [0.29, 0.717) is 5.82 Å². The van der Waals surface area contributed by atoms with E-state index in [1.54, 1.807) is 0 Å². The summed E-state index contributed by atoms with van der Waals surface area (Å²) in [6.45, 7) is 3.04. The molecule has 2 N–H and O–H groups in total. The lowest BCUT2D eigenvalue weighted by Gasteiger charge is -2.19. The van der Waals surface area contributed by atoms with Crippen LogP contribution in [0.5, 0.6) is 0 Å². The molecule has 0 unspecified atom stereocenters. The molecule has 0 spiro atoms. The molecular formula is C11H23Cl3N4. The Labute approximate surface area is 128 Å². The third kappa shape index (κ3) is 9.74. The minimum absolute atomic E-state index is 0. The number of nitrogens with two attached hydrogens (primary N) is 1. The van der Waals surface area contributed by atoms with Crippen molar-refractivity contribution in [2.24, 2.45) is 0 Å². The first-order chi connectivity index (χ1) is 7.08. The minimum Gasteiger partial charge on any atom is -0.384 e. The van der Waals surface area contributed by atoms with Gasteiger partial charge in [0.1, 0.15) is 5.82 Å². The zero-order valence-electron chi connectivity index (χ0n) is 11.0. The Bertz CT molecular complexity index is 293. The van der Waals surface area contributed by atoms with E-state index in [-0.39, 0.29) is 37.2 Å². The van der Waals surface area contributed by atoms with E-state index in [1.165, 1.54) is 5.56 Å². The normalized spacial score (nSPS) is 9.39. The summed E-state index contributed by atoms with van der Waals surface area (Å²) >= 11 is 0. The Hall–Kier alpha value is -0.260. The SMILES string of the molecule is CN(C)CCN(C)Cc1ccc(N)nc1.Cl.Cl.Cl. The Balaban J connectivity index is -0.000000750. The summed E-state index contributed by atoms with van der Waals surface area (Å²) in [5, 5.41) is 0. The van der Waals surface area contributed by atoms with Crippen molar-refractivity contribution in [3.63, 3.8) is 0 Å². The van der Waals surface area contributed by atoms with E-state index in [1.807, 2.05) is 18.3 Å².